The van der Waals surface area contributed by atoms with Crippen molar-refractivity contribution >= 4 is 34.8 Å². The first-order valence-corrected chi connectivity index (χ1v) is 9.24. The maximum atomic E-state index is 12.3. The van der Waals surface area contributed by atoms with E-state index in [1.165, 1.54) is 5.56 Å². The van der Waals surface area contributed by atoms with Crippen LogP contribution in [-0.4, -0.2) is 16.6 Å². The zero-order valence-electron chi connectivity index (χ0n) is 13.9. The van der Waals surface area contributed by atoms with E-state index in [1.54, 1.807) is 11.9 Å². The minimum Gasteiger partial charge on any atom is -0.273 e. The summed E-state index contributed by atoms with van der Waals surface area (Å²) in [5.74, 6) is 0.00370. The third-order valence-corrected chi connectivity index (χ3v) is 5.74. The molecule has 2 aromatic rings. The molecule has 2 aliphatic rings. The number of carbonyl (C=O) groups excluding carboxylic acids is 1. The predicted molar refractivity (Wildman–Crippen MR) is 101 cm³/mol. The van der Waals surface area contributed by atoms with Gasteiger partial charge in [-0.1, -0.05) is 53.5 Å². The Bertz CT molecular complexity index is 857. The standard InChI is InChI=1S/C20H18Cl2N2O/c1-12(25)24-20(18-16(21)10-5-11-17(18)22)15-9-4-7-13-6-2-3-8-14(13)19(15)23-24/h2-3,5-6,8,10-11,15,20H,4,7,9H2,1H3. The van der Waals surface area contributed by atoms with Gasteiger partial charge >= 0.3 is 0 Å². The van der Waals surface area contributed by atoms with E-state index in [-0.39, 0.29) is 17.9 Å². The summed E-state index contributed by atoms with van der Waals surface area (Å²) < 4.78 is 0. The molecule has 2 unspecified atom stereocenters. The summed E-state index contributed by atoms with van der Waals surface area (Å²) in [6.45, 7) is 1.54. The van der Waals surface area contributed by atoms with Gasteiger partial charge < -0.3 is 0 Å². The molecule has 1 aliphatic carbocycles. The van der Waals surface area contributed by atoms with Gasteiger partial charge in [-0.15, -0.1) is 0 Å². The van der Waals surface area contributed by atoms with Crippen molar-refractivity contribution < 1.29 is 4.79 Å². The lowest BCUT2D eigenvalue weighted by molar-refractivity contribution is -0.131. The average molecular weight is 373 g/mol. The third-order valence-electron chi connectivity index (χ3n) is 5.08. The van der Waals surface area contributed by atoms with Crippen molar-refractivity contribution in [3.8, 4) is 0 Å². The van der Waals surface area contributed by atoms with E-state index in [9.17, 15) is 4.79 Å². The van der Waals surface area contributed by atoms with Crippen LogP contribution in [0.5, 0.6) is 0 Å². The number of fused-ring (bicyclic) bond motifs is 3. The molecule has 1 amide bonds. The van der Waals surface area contributed by atoms with Crippen molar-refractivity contribution in [3.63, 3.8) is 0 Å². The van der Waals surface area contributed by atoms with Gasteiger partial charge in [0.1, 0.15) is 0 Å². The van der Waals surface area contributed by atoms with Gasteiger partial charge in [0.2, 0.25) is 5.91 Å². The van der Waals surface area contributed by atoms with E-state index in [1.807, 2.05) is 24.3 Å². The number of carbonyl (C=O) groups is 1. The first-order chi connectivity index (χ1) is 12.1. The summed E-state index contributed by atoms with van der Waals surface area (Å²) in [7, 11) is 0. The number of hydrogen-bond donors (Lipinski definition) is 0. The number of hydrogen-bond acceptors (Lipinski definition) is 2. The molecule has 1 aliphatic heterocycles. The molecule has 5 heteroatoms. The number of nitrogens with zero attached hydrogens (tertiary/aromatic N) is 2. The van der Waals surface area contributed by atoms with Crippen LogP contribution in [0, 0.1) is 5.92 Å². The van der Waals surface area contributed by atoms with Gasteiger partial charge in [-0.3, -0.25) is 4.79 Å². The number of hydrazone groups is 1. The zero-order valence-corrected chi connectivity index (χ0v) is 15.4. The van der Waals surface area contributed by atoms with E-state index in [0.717, 1.165) is 36.1 Å². The van der Waals surface area contributed by atoms with Crippen LogP contribution in [0.3, 0.4) is 0 Å². The number of halogens is 2. The highest BCUT2D eigenvalue weighted by molar-refractivity contribution is 6.36. The molecule has 128 valence electrons. The van der Waals surface area contributed by atoms with Crippen LogP contribution in [0.15, 0.2) is 47.6 Å². The predicted octanol–water partition coefficient (Wildman–Crippen LogP) is 5.25. The summed E-state index contributed by atoms with van der Waals surface area (Å²) in [5, 5.41) is 7.46. The van der Waals surface area contributed by atoms with Crippen molar-refractivity contribution in [3.05, 3.63) is 69.2 Å². The molecule has 0 N–H and O–H groups in total. The molecular formula is C20H18Cl2N2O. The molecule has 1 heterocycles. The quantitative estimate of drug-likeness (QED) is 0.672. The molecule has 2 aromatic carbocycles. The second-order valence-corrected chi connectivity index (χ2v) is 7.40. The Morgan fingerprint density at radius 1 is 1.12 bits per heavy atom. The Hall–Kier alpha value is -1.84. The largest absolute Gasteiger partial charge is 0.273 e. The Morgan fingerprint density at radius 2 is 1.84 bits per heavy atom. The summed E-state index contributed by atoms with van der Waals surface area (Å²) in [6.07, 6.45) is 3.02. The SMILES string of the molecule is CC(=O)N1N=C2c3ccccc3CCCC2C1c1c(Cl)cccc1Cl. The second-order valence-electron chi connectivity index (χ2n) is 6.58. The average Bonchev–Trinajstić information content (AvgIpc) is 2.85. The van der Waals surface area contributed by atoms with Crippen LogP contribution in [-0.2, 0) is 11.2 Å². The number of rotatable bonds is 1. The fourth-order valence-corrected chi connectivity index (χ4v) is 4.63. The monoisotopic (exact) mass is 372 g/mol. The fourth-order valence-electron chi connectivity index (χ4n) is 4.00. The number of aryl methyl sites for hydroxylation is 1. The fraction of sp³-hybridized carbons (Fsp3) is 0.300. The number of benzene rings is 2. The molecule has 3 nitrogen and oxygen atoms in total. The molecular weight excluding hydrogens is 355 g/mol. The lowest BCUT2D eigenvalue weighted by atomic mass is 9.85. The maximum Gasteiger partial charge on any atom is 0.240 e. The highest BCUT2D eigenvalue weighted by Crippen LogP contribution is 2.46. The summed E-state index contributed by atoms with van der Waals surface area (Å²) >= 11 is 13.0. The molecule has 0 saturated heterocycles. The van der Waals surface area contributed by atoms with Crippen LogP contribution in [0.1, 0.15) is 42.5 Å². The van der Waals surface area contributed by atoms with Crippen LogP contribution >= 0.6 is 23.2 Å². The zero-order chi connectivity index (χ0) is 17.6. The summed E-state index contributed by atoms with van der Waals surface area (Å²) in [6, 6.07) is 13.5. The molecule has 0 saturated carbocycles. The van der Waals surface area contributed by atoms with Gasteiger partial charge in [-0.25, -0.2) is 5.01 Å². The van der Waals surface area contributed by atoms with Gasteiger partial charge in [0, 0.05) is 34.0 Å². The maximum absolute atomic E-state index is 12.3. The smallest absolute Gasteiger partial charge is 0.240 e. The first-order valence-electron chi connectivity index (χ1n) is 8.48. The first kappa shape index (κ1) is 16.6. The van der Waals surface area contributed by atoms with Crippen molar-refractivity contribution in [2.24, 2.45) is 11.0 Å². The van der Waals surface area contributed by atoms with Gasteiger partial charge in [0.05, 0.1) is 11.8 Å². The Morgan fingerprint density at radius 3 is 2.56 bits per heavy atom. The van der Waals surface area contributed by atoms with Crippen LogP contribution in [0.25, 0.3) is 0 Å². The van der Waals surface area contributed by atoms with E-state index in [4.69, 9.17) is 28.3 Å². The molecule has 0 fully saturated rings. The third kappa shape index (κ3) is 2.76. The summed E-state index contributed by atoms with van der Waals surface area (Å²) in [5.41, 5.74) is 4.20. The van der Waals surface area contributed by atoms with Gasteiger partial charge in [-0.2, -0.15) is 5.10 Å². The van der Waals surface area contributed by atoms with Crippen molar-refractivity contribution in [1.29, 1.82) is 0 Å². The lowest BCUT2D eigenvalue weighted by Crippen LogP contribution is -2.29. The van der Waals surface area contributed by atoms with E-state index < -0.39 is 0 Å². The molecule has 0 spiro atoms. The van der Waals surface area contributed by atoms with E-state index >= 15 is 0 Å². The van der Waals surface area contributed by atoms with Crippen LogP contribution < -0.4 is 0 Å². The normalized spacial score (nSPS) is 22.0. The van der Waals surface area contributed by atoms with E-state index in [2.05, 4.69) is 18.2 Å². The topological polar surface area (TPSA) is 32.7 Å². The van der Waals surface area contributed by atoms with Crippen molar-refractivity contribution in [1.82, 2.24) is 5.01 Å². The van der Waals surface area contributed by atoms with Crippen LogP contribution in [0.2, 0.25) is 10.0 Å². The minimum absolute atomic E-state index is 0.0981. The van der Waals surface area contributed by atoms with Crippen molar-refractivity contribution in [2.45, 2.75) is 32.2 Å². The number of amides is 1. The van der Waals surface area contributed by atoms with Gasteiger partial charge in [-0.05, 0) is 37.0 Å². The molecule has 4 rings (SSSR count). The van der Waals surface area contributed by atoms with Gasteiger partial charge in [0.25, 0.3) is 0 Å². The van der Waals surface area contributed by atoms with Crippen LogP contribution in [0.4, 0.5) is 0 Å². The highest BCUT2D eigenvalue weighted by Gasteiger charge is 2.43. The Balaban J connectivity index is 1.89. The van der Waals surface area contributed by atoms with E-state index in [0.29, 0.717) is 10.0 Å². The van der Waals surface area contributed by atoms with Crippen molar-refractivity contribution in [2.75, 3.05) is 0 Å². The molecule has 0 radical (unpaired) electrons. The highest BCUT2D eigenvalue weighted by atomic mass is 35.5. The Labute approximate surface area is 157 Å². The second kappa shape index (κ2) is 6.47. The molecule has 0 aromatic heterocycles. The minimum atomic E-state index is -0.250. The van der Waals surface area contributed by atoms with Gasteiger partial charge in [0.15, 0.2) is 0 Å². The lowest BCUT2D eigenvalue weighted by Gasteiger charge is -2.27. The Kier molecular flexibility index (Phi) is 4.30. The molecule has 0 bridgehead atoms. The summed E-state index contributed by atoms with van der Waals surface area (Å²) in [4.78, 5) is 12.3. The molecule has 2 atom stereocenters. The molecule has 25 heavy (non-hydrogen) atoms.